The number of amides is 4. The Morgan fingerprint density at radius 1 is 0.872 bits per heavy atom. The van der Waals surface area contributed by atoms with Crippen LogP contribution in [0.1, 0.15) is 81.6 Å². The van der Waals surface area contributed by atoms with E-state index in [1.807, 2.05) is 34.6 Å². The Labute approximate surface area is 233 Å². The number of aliphatic hydroxyl groups excluding tert-OH is 1. The van der Waals surface area contributed by atoms with Gasteiger partial charge in [0.2, 0.25) is 23.6 Å². The molecule has 0 aromatic rings. The molecule has 1 heterocycles. The van der Waals surface area contributed by atoms with Crippen molar-refractivity contribution in [1.29, 1.82) is 0 Å². The maximum Gasteiger partial charge on any atom is 0.245 e. The highest BCUT2D eigenvalue weighted by Gasteiger charge is 2.50. The van der Waals surface area contributed by atoms with Gasteiger partial charge in [-0.25, -0.2) is 0 Å². The molecule has 8 atom stereocenters. The van der Waals surface area contributed by atoms with Crippen molar-refractivity contribution in [1.82, 2.24) is 20.9 Å². The number of nitrogens with zero attached hydrogens (tertiary/aromatic N) is 1. The van der Waals surface area contributed by atoms with Crippen LogP contribution in [-0.4, -0.2) is 88.9 Å². The number of Topliss-reactive ketones (excluding diaryl/α,β-unsaturated/α-hetero) is 1. The summed E-state index contributed by atoms with van der Waals surface area (Å²) in [7, 11) is 1.55. The van der Waals surface area contributed by atoms with E-state index in [9.17, 15) is 29.1 Å². The Kier molecular flexibility index (Phi) is 13.0. The minimum atomic E-state index is -1.36. The molecule has 0 aromatic carbocycles. The van der Waals surface area contributed by atoms with Crippen LogP contribution in [-0.2, 0) is 28.7 Å². The molecule has 11 heteroatoms. The summed E-state index contributed by atoms with van der Waals surface area (Å²) in [6.07, 6.45) is 0.280. The fourth-order valence-corrected chi connectivity index (χ4v) is 4.41. The van der Waals surface area contributed by atoms with Crippen LogP contribution < -0.4 is 16.0 Å². The van der Waals surface area contributed by atoms with Crippen molar-refractivity contribution in [2.24, 2.45) is 17.8 Å². The molecule has 0 aromatic heterocycles. The number of aliphatic hydroxyl groups is 1. The van der Waals surface area contributed by atoms with Gasteiger partial charge in [-0.05, 0) is 38.0 Å². The number of carbonyl (C=O) groups is 5. The number of ether oxygens (including phenoxy) is 1. The van der Waals surface area contributed by atoms with Crippen molar-refractivity contribution in [3.05, 3.63) is 0 Å². The second kappa shape index (κ2) is 14.7. The summed E-state index contributed by atoms with van der Waals surface area (Å²) in [4.78, 5) is 66.4. The Morgan fingerprint density at radius 2 is 1.36 bits per heavy atom. The monoisotopic (exact) mass is 554 g/mol. The largest absolute Gasteiger partial charge is 0.391 e. The van der Waals surface area contributed by atoms with E-state index in [4.69, 9.17) is 4.74 Å². The van der Waals surface area contributed by atoms with E-state index >= 15 is 0 Å². The molecule has 1 aliphatic rings. The summed E-state index contributed by atoms with van der Waals surface area (Å²) < 4.78 is 5.27. The number of likely N-dealkylation sites (N-methyl/N-ethyl adjacent to an activating group) is 1. The average molecular weight is 555 g/mol. The molecule has 1 rings (SSSR count). The Balaban J connectivity index is 3.15. The van der Waals surface area contributed by atoms with Crippen molar-refractivity contribution >= 4 is 29.4 Å². The lowest BCUT2D eigenvalue weighted by molar-refractivity contribution is -0.141. The van der Waals surface area contributed by atoms with Gasteiger partial charge < -0.3 is 30.7 Å². The van der Waals surface area contributed by atoms with Gasteiger partial charge in [-0.2, -0.15) is 0 Å². The summed E-state index contributed by atoms with van der Waals surface area (Å²) in [5, 5.41) is 18.5. The number of carbonyl (C=O) groups excluding carboxylic acids is 5. The molecule has 4 amide bonds. The number of epoxide rings is 1. The average Bonchev–Trinajstić information content (AvgIpc) is 3.61. The van der Waals surface area contributed by atoms with Gasteiger partial charge in [0.15, 0.2) is 5.78 Å². The third kappa shape index (κ3) is 9.56. The van der Waals surface area contributed by atoms with Crippen LogP contribution in [0, 0.1) is 17.8 Å². The lowest BCUT2D eigenvalue weighted by atomic mass is 9.92. The predicted octanol–water partition coefficient (Wildman–Crippen LogP) is 1.16. The van der Waals surface area contributed by atoms with Crippen LogP contribution in [0.3, 0.4) is 0 Å². The minimum Gasteiger partial charge on any atom is -0.391 e. The molecule has 1 aliphatic heterocycles. The lowest BCUT2D eigenvalue weighted by Crippen LogP contribution is -2.62. The number of ketones is 1. The molecule has 224 valence electrons. The number of hydrogen-bond acceptors (Lipinski definition) is 7. The van der Waals surface area contributed by atoms with E-state index in [-0.39, 0.29) is 36.1 Å². The summed E-state index contributed by atoms with van der Waals surface area (Å²) >= 11 is 0. The van der Waals surface area contributed by atoms with Crippen LogP contribution in [0.5, 0.6) is 0 Å². The number of nitrogens with one attached hydrogen (secondary N) is 3. The van der Waals surface area contributed by atoms with Gasteiger partial charge in [-0.1, -0.05) is 54.4 Å². The molecule has 1 saturated heterocycles. The quantitative estimate of drug-likeness (QED) is 0.209. The molecular weight excluding hydrogens is 504 g/mol. The van der Waals surface area contributed by atoms with Crippen molar-refractivity contribution in [3.63, 3.8) is 0 Å². The normalized spacial score (nSPS) is 21.9. The lowest BCUT2D eigenvalue weighted by Gasteiger charge is -2.34. The van der Waals surface area contributed by atoms with Crippen LogP contribution >= 0.6 is 0 Å². The maximum absolute atomic E-state index is 13.4. The van der Waals surface area contributed by atoms with Crippen LogP contribution in [0.15, 0.2) is 0 Å². The molecule has 4 N–H and O–H groups in total. The molecule has 39 heavy (non-hydrogen) atoms. The van der Waals surface area contributed by atoms with Gasteiger partial charge in [-0.15, -0.1) is 0 Å². The second-order valence-corrected chi connectivity index (χ2v) is 11.6. The molecule has 1 fully saturated rings. The summed E-state index contributed by atoms with van der Waals surface area (Å²) in [5.74, 6) is -2.73. The van der Waals surface area contributed by atoms with Crippen LogP contribution in [0.4, 0.5) is 0 Å². The molecule has 0 bridgehead atoms. The molecule has 4 unspecified atom stereocenters. The Bertz CT molecular complexity index is 887. The predicted molar refractivity (Wildman–Crippen MR) is 147 cm³/mol. The van der Waals surface area contributed by atoms with E-state index in [2.05, 4.69) is 16.0 Å². The molecule has 0 radical (unpaired) electrons. The highest BCUT2D eigenvalue weighted by molar-refractivity contribution is 5.99. The van der Waals surface area contributed by atoms with Crippen molar-refractivity contribution in [3.8, 4) is 0 Å². The molecule has 11 nitrogen and oxygen atoms in total. The summed E-state index contributed by atoms with van der Waals surface area (Å²) in [6.45, 7) is 16.0. The fourth-order valence-electron chi connectivity index (χ4n) is 4.41. The molecule has 0 saturated carbocycles. The van der Waals surface area contributed by atoms with E-state index < -0.39 is 53.6 Å². The van der Waals surface area contributed by atoms with Gasteiger partial charge >= 0.3 is 0 Å². The van der Waals surface area contributed by atoms with Gasteiger partial charge in [0, 0.05) is 14.0 Å². The second-order valence-electron chi connectivity index (χ2n) is 11.6. The molecule has 0 aliphatic carbocycles. The van der Waals surface area contributed by atoms with Gasteiger partial charge in [0.1, 0.15) is 23.7 Å². The zero-order valence-electron chi connectivity index (χ0n) is 25.3. The van der Waals surface area contributed by atoms with Gasteiger partial charge in [0.25, 0.3) is 0 Å². The maximum atomic E-state index is 13.4. The van der Waals surface area contributed by atoms with Crippen LogP contribution in [0.25, 0.3) is 0 Å². The topological polar surface area (TPSA) is 157 Å². The molecular formula is C28H50N4O7. The Hall–Kier alpha value is -2.53. The fraction of sp³-hybridized carbons (Fsp3) is 0.821. The number of hydrogen-bond donors (Lipinski definition) is 4. The van der Waals surface area contributed by atoms with Gasteiger partial charge in [0.05, 0.1) is 18.8 Å². The summed E-state index contributed by atoms with van der Waals surface area (Å²) in [5.41, 5.74) is -0.943. The van der Waals surface area contributed by atoms with E-state index in [1.165, 1.54) is 18.7 Å². The van der Waals surface area contributed by atoms with E-state index in [1.54, 1.807) is 20.9 Å². The van der Waals surface area contributed by atoms with Crippen molar-refractivity contribution < 1.29 is 33.8 Å². The first-order valence-corrected chi connectivity index (χ1v) is 14.0. The van der Waals surface area contributed by atoms with Crippen molar-refractivity contribution in [2.75, 3.05) is 13.7 Å². The van der Waals surface area contributed by atoms with Crippen LogP contribution in [0.2, 0.25) is 0 Å². The standard InChI is InChI=1S/C28H50N4O7/c1-11-16(5)21(30-27(38)23(17(6)12-2)32(10)19(8)34)25(36)31-22(18(7)33)26(37)29-20(13-15(3)4)24(35)28(9)14-39-28/h15-18,20-23,33H,11-14H2,1-10H3,(H,29,37)(H,30,38)(H,31,36)/t16?,17-,18+,20?,21?,22-,23-,28?/m0/s1. The zero-order valence-corrected chi connectivity index (χ0v) is 25.3. The summed E-state index contributed by atoms with van der Waals surface area (Å²) in [6, 6.07) is -4.00. The highest BCUT2D eigenvalue weighted by Crippen LogP contribution is 2.29. The first-order chi connectivity index (χ1) is 18.0. The zero-order chi connectivity index (χ0) is 30.2. The highest BCUT2D eigenvalue weighted by atomic mass is 16.6. The SMILES string of the molecule is CCC(C)C(NC(=O)[C@H]([C@@H](C)CC)N(C)C(C)=O)C(=O)N[C@H](C(=O)NC(CC(C)C)C(=O)C1(C)CO1)[C@@H](C)O. The Morgan fingerprint density at radius 3 is 1.77 bits per heavy atom. The van der Waals surface area contributed by atoms with E-state index in [0.29, 0.717) is 19.3 Å². The third-order valence-corrected chi connectivity index (χ3v) is 7.66. The third-order valence-electron chi connectivity index (χ3n) is 7.66. The van der Waals surface area contributed by atoms with E-state index in [0.717, 1.165) is 0 Å². The first-order valence-electron chi connectivity index (χ1n) is 14.0. The smallest absolute Gasteiger partial charge is 0.245 e. The minimum absolute atomic E-state index is 0.0952. The first kappa shape index (κ1) is 34.5. The number of rotatable bonds is 16. The van der Waals surface area contributed by atoms with Gasteiger partial charge in [-0.3, -0.25) is 24.0 Å². The molecule has 0 spiro atoms. The van der Waals surface area contributed by atoms with Crippen molar-refractivity contribution in [2.45, 2.75) is 117 Å².